The summed E-state index contributed by atoms with van der Waals surface area (Å²) < 4.78 is 5.26. The summed E-state index contributed by atoms with van der Waals surface area (Å²) in [5.41, 5.74) is 0.608. The van der Waals surface area contributed by atoms with Crippen molar-refractivity contribution in [1.29, 1.82) is 0 Å². The minimum absolute atomic E-state index is 0.0702. The van der Waals surface area contributed by atoms with Crippen molar-refractivity contribution < 1.29 is 24.5 Å². The van der Waals surface area contributed by atoms with Crippen LogP contribution in [0.4, 0.5) is 0 Å². The molecule has 0 radical (unpaired) electrons. The number of rotatable bonds is 2. The van der Waals surface area contributed by atoms with Gasteiger partial charge in [-0.05, 0) is 55.0 Å². The smallest absolute Gasteiger partial charge is 0.313 e. The SMILES string of the molecule is CC1C(=O)OCC/C(P)=C\C(=O)C(O)CC/C=C/C1=C/C(O)=C\CP. The van der Waals surface area contributed by atoms with Gasteiger partial charge in [0.1, 0.15) is 11.9 Å². The van der Waals surface area contributed by atoms with Gasteiger partial charge in [-0.1, -0.05) is 12.2 Å². The van der Waals surface area contributed by atoms with Crippen molar-refractivity contribution in [2.24, 2.45) is 5.92 Å². The molecule has 1 heterocycles. The molecule has 2 N–H and O–H groups in total. The Labute approximate surface area is 153 Å². The van der Waals surface area contributed by atoms with Gasteiger partial charge in [-0.15, -0.1) is 18.5 Å². The fourth-order valence-electron chi connectivity index (χ4n) is 2.17. The largest absolute Gasteiger partial charge is 0.508 e. The number of hydrogen-bond acceptors (Lipinski definition) is 5. The van der Waals surface area contributed by atoms with E-state index in [0.29, 0.717) is 36.3 Å². The van der Waals surface area contributed by atoms with E-state index >= 15 is 0 Å². The van der Waals surface area contributed by atoms with E-state index in [0.717, 1.165) is 0 Å². The van der Waals surface area contributed by atoms with Gasteiger partial charge in [0.2, 0.25) is 0 Å². The fraction of sp³-hybridized carbons (Fsp3) is 0.444. The molecule has 25 heavy (non-hydrogen) atoms. The van der Waals surface area contributed by atoms with Crippen LogP contribution in [0.25, 0.3) is 0 Å². The van der Waals surface area contributed by atoms with E-state index < -0.39 is 18.0 Å². The Morgan fingerprint density at radius 3 is 2.84 bits per heavy atom. The Hall–Kier alpha value is -1.28. The monoisotopic (exact) mass is 384 g/mol. The summed E-state index contributed by atoms with van der Waals surface area (Å²) >= 11 is 0. The molecule has 1 aliphatic rings. The van der Waals surface area contributed by atoms with E-state index in [-0.39, 0.29) is 18.1 Å². The highest BCUT2D eigenvalue weighted by Gasteiger charge is 2.19. The Bertz CT molecular complexity index is 605. The molecule has 0 aromatic rings. The zero-order valence-corrected chi connectivity index (χ0v) is 16.7. The first kappa shape index (κ1) is 21.8. The van der Waals surface area contributed by atoms with Gasteiger partial charge in [0, 0.05) is 6.42 Å². The van der Waals surface area contributed by atoms with Gasteiger partial charge in [-0.25, -0.2) is 0 Å². The van der Waals surface area contributed by atoms with E-state index in [1.54, 1.807) is 25.2 Å². The molecule has 4 atom stereocenters. The topological polar surface area (TPSA) is 83.8 Å². The summed E-state index contributed by atoms with van der Waals surface area (Å²) in [7, 11) is 4.91. The number of carbonyl (C=O) groups is 2. The average Bonchev–Trinajstić information content (AvgIpc) is 2.55. The number of cyclic esters (lactones) is 1. The number of allylic oxidation sites excluding steroid dienone is 4. The van der Waals surface area contributed by atoms with Crippen LogP contribution in [0.15, 0.2) is 47.0 Å². The van der Waals surface area contributed by atoms with Crippen molar-refractivity contribution in [2.75, 3.05) is 12.8 Å². The van der Waals surface area contributed by atoms with Gasteiger partial charge >= 0.3 is 5.97 Å². The van der Waals surface area contributed by atoms with E-state index in [1.165, 1.54) is 12.2 Å². The van der Waals surface area contributed by atoms with Crippen LogP contribution < -0.4 is 0 Å². The summed E-state index contributed by atoms with van der Waals surface area (Å²) in [6.45, 7) is 1.86. The van der Waals surface area contributed by atoms with Gasteiger partial charge in [0.05, 0.1) is 12.5 Å². The molecule has 0 fully saturated rings. The number of ketones is 1. The van der Waals surface area contributed by atoms with Crippen LogP contribution in [0.2, 0.25) is 0 Å². The summed E-state index contributed by atoms with van der Waals surface area (Å²) in [6.07, 6.45) is 8.72. The predicted molar refractivity (Wildman–Crippen MR) is 105 cm³/mol. The molecular formula is C18H26O5P2. The molecule has 0 bridgehead atoms. The molecule has 138 valence electrons. The van der Waals surface area contributed by atoms with Crippen LogP contribution in [-0.2, 0) is 14.3 Å². The molecule has 1 rings (SSSR count). The van der Waals surface area contributed by atoms with Crippen LogP contribution in [-0.4, -0.2) is 40.8 Å². The molecule has 4 unspecified atom stereocenters. The number of aliphatic hydroxyl groups excluding tert-OH is 2. The Morgan fingerprint density at radius 1 is 1.44 bits per heavy atom. The third-order valence-electron chi connectivity index (χ3n) is 3.70. The second kappa shape index (κ2) is 11.4. The quantitative estimate of drug-likeness (QED) is 0.435. The summed E-state index contributed by atoms with van der Waals surface area (Å²) in [4.78, 5) is 24.1. The lowest BCUT2D eigenvalue weighted by atomic mass is 9.98. The van der Waals surface area contributed by atoms with Crippen LogP contribution in [0.1, 0.15) is 26.2 Å². The van der Waals surface area contributed by atoms with Gasteiger partial charge in [-0.2, -0.15) is 0 Å². The number of hydrogen-bond donors (Lipinski definition) is 2. The van der Waals surface area contributed by atoms with Crippen molar-refractivity contribution in [2.45, 2.75) is 32.3 Å². The Morgan fingerprint density at radius 2 is 2.16 bits per heavy atom. The second-order valence-electron chi connectivity index (χ2n) is 5.77. The van der Waals surface area contributed by atoms with E-state index in [2.05, 4.69) is 18.5 Å². The highest BCUT2D eigenvalue weighted by molar-refractivity contribution is 7.22. The van der Waals surface area contributed by atoms with Crippen molar-refractivity contribution >= 4 is 30.2 Å². The molecule has 0 saturated heterocycles. The number of esters is 1. The Balaban J connectivity index is 3.05. The Kier molecular flexibility index (Phi) is 9.89. The van der Waals surface area contributed by atoms with Crippen molar-refractivity contribution in [3.63, 3.8) is 0 Å². The number of aliphatic hydroxyl groups is 2. The highest BCUT2D eigenvalue weighted by Crippen LogP contribution is 2.19. The summed E-state index contributed by atoms with van der Waals surface area (Å²) in [5.74, 6) is -1.22. The van der Waals surface area contributed by atoms with Crippen molar-refractivity contribution in [1.82, 2.24) is 0 Å². The maximum absolute atomic E-state index is 12.2. The van der Waals surface area contributed by atoms with Crippen LogP contribution in [0.3, 0.4) is 0 Å². The number of ether oxygens (including phenoxy) is 1. The first-order chi connectivity index (χ1) is 11.8. The molecule has 5 nitrogen and oxygen atoms in total. The molecule has 0 amide bonds. The molecule has 7 heteroatoms. The van der Waals surface area contributed by atoms with Crippen molar-refractivity contribution in [3.8, 4) is 0 Å². The van der Waals surface area contributed by atoms with Gasteiger partial charge < -0.3 is 14.9 Å². The van der Waals surface area contributed by atoms with E-state index in [4.69, 9.17) is 4.74 Å². The van der Waals surface area contributed by atoms with E-state index in [9.17, 15) is 19.8 Å². The number of carbonyl (C=O) groups excluding carboxylic acids is 2. The summed E-state index contributed by atoms with van der Waals surface area (Å²) in [5, 5.41) is 20.4. The zero-order valence-electron chi connectivity index (χ0n) is 14.4. The van der Waals surface area contributed by atoms with Gasteiger partial charge in [0.15, 0.2) is 5.78 Å². The molecular weight excluding hydrogens is 358 g/mol. The molecule has 0 aromatic carbocycles. The van der Waals surface area contributed by atoms with Crippen molar-refractivity contribution in [3.05, 3.63) is 47.0 Å². The fourth-order valence-corrected chi connectivity index (χ4v) is 2.69. The normalized spacial score (nSPS) is 29.5. The minimum atomic E-state index is -1.05. The zero-order chi connectivity index (χ0) is 18.8. The molecule has 1 aliphatic heterocycles. The van der Waals surface area contributed by atoms with Crippen LogP contribution >= 0.6 is 18.5 Å². The van der Waals surface area contributed by atoms with E-state index in [1.807, 2.05) is 0 Å². The third-order valence-corrected chi connectivity index (χ3v) is 4.39. The average molecular weight is 384 g/mol. The lowest BCUT2D eigenvalue weighted by Crippen LogP contribution is -2.19. The molecule has 0 spiro atoms. The first-order valence-electron chi connectivity index (χ1n) is 8.17. The maximum Gasteiger partial charge on any atom is 0.313 e. The van der Waals surface area contributed by atoms with Crippen LogP contribution in [0.5, 0.6) is 0 Å². The van der Waals surface area contributed by atoms with Crippen LogP contribution in [0, 0.1) is 5.92 Å². The predicted octanol–water partition coefficient (Wildman–Crippen LogP) is 2.84. The van der Waals surface area contributed by atoms with Gasteiger partial charge in [0.25, 0.3) is 0 Å². The minimum Gasteiger partial charge on any atom is -0.508 e. The standard InChI is InChI=1S/C18H26O5P2/c1-12-13(10-14(19)7-9-24)4-2-3-5-16(20)17(21)11-15(25)6-8-23-18(12)22/h2,4,7,10-12,16,19-20H,3,5-6,8-9,24-25H2,1H3/b4-2+,13-10-,14-7+,15-11+. The third kappa shape index (κ3) is 8.09. The first-order valence-corrected chi connectivity index (χ1v) is 9.56. The molecule has 0 aromatic heterocycles. The van der Waals surface area contributed by atoms with Gasteiger partial charge in [-0.3, -0.25) is 9.59 Å². The summed E-state index contributed by atoms with van der Waals surface area (Å²) in [6, 6.07) is 0. The lowest BCUT2D eigenvalue weighted by molar-refractivity contribution is -0.146. The molecule has 0 aliphatic carbocycles. The maximum atomic E-state index is 12.2. The second-order valence-corrected chi connectivity index (χ2v) is 6.98. The lowest BCUT2D eigenvalue weighted by Gasteiger charge is -2.14. The highest BCUT2D eigenvalue weighted by atomic mass is 31.0. The molecule has 0 saturated carbocycles.